The number of anilines is 2. The molecular formula is C12H12N4O4S. The smallest absolute Gasteiger partial charge is 0.270 e. The first-order valence-electron chi connectivity index (χ1n) is 5.84. The SMILES string of the molecule is CNc1ccc([N+](=O)[O-])cc1S(=O)(=O)Nc1ccccn1. The van der Waals surface area contributed by atoms with E-state index in [-0.39, 0.29) is 22.1 Å². The van der Waals surface area contributed by atoms with E-state index in [4.69, 9.17) is 0 Å². The minimum absolute atomic E-state index is 0.131. The predicted octanol–water partition coefficient (Wildman–Crippen LogP) is 1.83. The third-order valence-corrected chi connectivity index (χ3v) is 4.03. The number of rotatable bonds is 5. The third-order valence-electron chi connectivity index (χ3n) is 2.64. The fourth-order valence-corrected chi connectivity index (χ4v) is 2.91. The van der Waals surface area contributed by atoms with Crippen LogP contribution in [-0.4, -0.2) is 25.4 Å². The summed E-state index contributed by atoms with van der Waals surface area (Å²) in [5.41, 5.74) is -0.0561. The van der Waals surface area contributed by atoms with E-state index in [9.17, 15) is 18.5 Å². The van der Waals surface area contributed by atoms with Gasteiger partial charge in [0.2, 0.25) is 0 Å². The van der Waals surface area contributed by atoms with Gasteiger partial charge in [0.25, 0.3) is 15.7 Å². The molecule has 0 saturated carbocycles. The van der Waals surface area contributed by atoms with Gasteiger partial charge in [-0.2, -0.15) is 0 Å². The zero-order valence-corrected chi connectivity index (χ0v) is 11.8. The molecule has 2 rings (SSSR count). The van der Waals surface area contributed by atoms with Gasteiger partial charge in [0.05, 0.1) is 10.6 Å². The normalized spacial score (nSPS) is 10.9. The minimum Gasteiger partial charge on any atom is -0.387 e. The Hall–Kier alpha value is -2.68. The average molecular weight is 308 g/mol. The van der Waals surface area contributed by atoms with Crippen molar-refractivity contribution in [3.8, 4) is 0 Å². The van der Waals surface area contributed by atoms with Crippen molar-refractivity contribution in [2.75, 3.05) is 17.1 Å². The molecule has 0 atom stereocenters. The van der Waals surface area contributed by atoms with E-state index in [0.29, 0.717) is 0 Å². The zero-order chi connectivity index (χ0) is 15.5. The number of nitro groups is 1. The molecule has 8 nitrogen and oxygen atoms in total. The Balaban J connectivity index is 2.48. The summed E-state index contributed by atoms with van der Waals surface area (Å²) in [6, 6.07) is 8.31. The Kier molecular flexibility index (Phi) is 4.03. The van der Waals surface area contributed by atoms with Crippen LogP contribution in [0.1, 0.15) is 0 Å². The second-order valence-corrected chi connectivity index (χ2v) is 5.66. The average Bonchev–Trinajstić information content (AvgIpc) is 2.47. The van der Waals surface area contributed by atoms with Crippen molar-refractivity contribution in [3.05, 3.63) is 52.7 Å². The van der Waals surface area contributed by atoms with Gasteiger partial charge in [-0.05, 0) is 18.2 Å². The van der Waals surface area contributed by atoms with Gasteiger partial charge in [0, 0.05) is 25.4 Å². The number of nitro benzene ring substituents is 1. The van der Waals surface area contributed by atoms with Crippen LogP contribution >= 0.6 is 0 Å². The molecule has 0 spiro atoms. The summed E-state index contributed by atoms with van der Waals surface area (Å²) in [5, 5.41) is 13.5. The topological polar surface area (TPSA) is 114 Å². The number of aromatic nitrogens is 1. The van der Waals surface area contributed by atoms with Gasteiger partial charge in [0.15, 0.2) is 0 Å². The number of sulfonamides is 1. The molecule has 1 heterocycles. The van der Waals surface area contributed by atoms with Crippen molar-refractivity contribution in [2.45, 2.75) is 4.90 Å². The van der Waals surface area contributed by atoms with Crippen molar-refractivity contribution in [1.29, 1.82) is 0 Å². The van der Waals surface area contributed by atoms with Crippen LogP contribution in [0.25, 0.3) is 0 Å². The molecule has 110 valence electrons. The summed E-state index contributed by atoms with van der Waals surface area (Å²) in [4.78, 5) is 13.8. The first-order valence-corrected chi connectivity index (χ1v) is 7.32. The molecule has 2 aromatic rings. The van der Waals surface area contributed by atoms with Crippen LogP contribution in [0.3, 0.4) is 0 Å². The van der Waals surface area contributed by atoms with Crippen molar-refractivity contribution in [1.82, 2.24) is 4.98 Å². The molecule has 0 bridgehead atoms. The standard InChI is InChI=1S/C12H12N4O4S/c1-13-10-6-5-9(16(17)18)8-11(10)21(19,20)15-12-4-2-3-7-14-12/h2-8,13H,1H3,(H,14,15). The molecule has 1 aromatic heterocycles. The number of nitrogens with one attached hydrogen (secondary N) is 2. The van der Waals surface area contributed by atoms with Crippen LogP contribution in [0.5, 0.6) is 0 Å². The van der Waals surface area contributed by atoms with Crippen LogP contribution < -0.4 is 10.0 Å². The molecular weight excluding hydrogens is 296 g/mol. The fourth-order valence-electron chi connectivity index (χ4n) is 1.67. The maximum absolute atomic E-state index is 12.3. The first kappa shape index (κ1) is 14.7. The Morgan fingerprint density at radius 1 is 1.24 bits per heavy atom. The molecule has 0 aliphatic rings. The van der Waals surface area contributed by atoms with Gasteiger partial charge >= 0.3 is 0 Å². The predicted molar refractivity (Wildman–Crippen MR) is 77.7 cm³/mol. The van der Waals surface area contributed by atoms with Crippen LogP contribution in [0.15, 0.2) is 47.5 Å². The number of hydrogen-bond donors (Lipinski definition) is 2. The highest BCUT2D eigenvalue weighted by Crippen LogP contribution is 2.27. The molecule has 21 heavy (non-hydrogen) atoms. The Bertz CT molecular complexity index is 762. The highest BCUT2D eigenvalue weighted by Gasteiger charge is 2.22. The monoisotopic (exact) mass is 308 g/mol. The minimum atomic E-state index is -3.99. The van der Waals surface area contributed by atoms with E-state index in [1.54, 1.807) is 12.1 Å². The van der Waals surface area contributed by atoms with E-state index in [0.717, 1.165) is 6.07 Å². The number of pyridine rings is 1. The maximum Gasteiger partial charge on any atom is 0.270 e. The number of non-ortho nitro benzene ring substituents is 1. The molecule has 9 heteroatoms. The quantitative estimate of drug-likeness (QED) is 0.643. The lowest BCUT2D eigenvalue weighted by atomic mass is 10.3. The second-order valence-electron chi connectivity index (χ2n) is 4.01. The number of nitrogens with zero attached hydrogens (tertiary/aromatic N) is 2. The fraction of sp³-hybridized carbons (Fsp3) is 0.0833. The first-order chi connectivity index (χ1) is 9.94. The van der Waals surface area contributed by atoms with Crippen LogP contribution in [-0.2, 0) is 10.0 Å². The highest BCUT2D eigenvalue weighted by molar-refractivity contribution is 7.92. The van der Waals surface area contributed by atoms with Crippen molar-refractivity contribution < 1.29 is 13.3 Å². The maximum atomic E-state index is 12.3. The van der Waals surface area contributed by atoms with Gasteiger partial charge in [-0.15, -0.1) is 0 Å². The van der Waals surface area contributed by atoms with Gasteiger partial charge in [-0.3, -0.25) is 14.8 Å². The molecule has 0 fully saturated rings. The van der Waals surface area contributed by atoms with Crippen molar-refractivity contribution >= 4 is 27.2 Å². The summed E-state index contributed by atoms with van der Waals surface area (Å²) in [5.74, 6) is 0.131. The highest BCUT2D eigenvalue weighted by atomic mass is 32.2. The Morgan fingerprint density at radius 2 is 2.00 bits per heavy atom. The number of hydrogen-bond acceptors (Lipinski definition) is 6. The van der Waals surface area contributed by atoms with Gasteiger partial charge < -0.3 is 5.32 Å². The summed E-state index contributed by atoms with van der Waals surface area (Å²) >= 11 is 0. The third kappa shape index (κ3) is 3.26. The summed E-state index contributed by atoms with van der Waals surface area (Å²) in [6.07, 6.45) is 1.43. The van der Waals surface area contributed by atoms with Crippen molar-refractivity contribution in [3.63, 3.8) is 0 Å². The zero-order valence-electron chi connectivity index (χ0n) is 11.0. The Labute approximate surface area is 121 Å². The largest absolute Gasteiger partial charge is 0.387 e. The van der Waals surface area contributed by atoms with E-state index < -0.39 is 14.9 Å². The van der Waals surface area contributed by atoms with Gasteiger partial charge in [-0.1, -0.05) is 6.07 Å². The molecule has 0 aliphatic carbocycles. The molecule has 0 radical (unpaired) electrons. The van der Waals surface area contributed by atoms with E-state index in [2.05, 4.69) is 15.0 Å². The lowest BCUT2D eigenvalue weighted by molar-refractivity contribution is -0.385. The van der Waals surface area contributed by atoms with Crippen molar-refractivity contribution in [2.24, 2.45) is 0 Å². The molecule has 1 aromatic carbocycles. The molecule has 0 saturated heterocycles. The summed E-state index contributed by atoms with van der Waals surface area (Å²) in [6.45, 7) is 0. The van der Waals surface area contributed by atoms with Gasteiger partial charge in [-0.25, -0.2) is 13.4 Å². The van der Waals surface area contributed by atoms with Crippen LogP contribution in [0.2, 0.25) is 0 Å². The molecule has 0 aliphatic heterocycles. The van der Waals surface area contributed by atoms with E-state index >= 15 is 0 Å². The van der Waals surface area contributed by atoms with Crippen LogP contribution in [0.4, 0.5) is 17.2 Å². The second kappa shape index (κ2) is 5.75. The van der Waals surface area contributed by atoms with Gasteiger partial charge in [0.1, 0.15) is 10.7 Å². The molecule has 0 amide bonds. The summed E-state index contributed by atoms with van der Waals surface area (Å²) in [7, 11) is -2.46. The summed E-state index contributed by atoms with van der Waals surface area (Å²) < 4.78 is 27.0. The lowest BCUT2D eigenvalue weighted by Crippen LogP contribution is -2.15. The lowest BCUT2D eigenvalue weighted by Gasteiger charge is -2.11. The molecule has 0 unspecified atom stereocenters. The van der Waals surface area contributed by atoms with Crippen LogP contribution in [0, 0.1) is 10.1 Å². The molecule has 2 N–H and O–H groups in total. The number of benzene rings is 1. The Morgan fingerprint density at radius 3 is 2.57 bits per heavy atom. The van der Waals surface area contributed by atoms with E-state index in [1.807, 2.05) is 0 Å². The van der Waals surface area contributed by atoms with E-state index in [1.165, 1.54) is 31.4 Å².